The number of methoxy groups -OCH3 is 2. The second kappa shape index (κ2) is 4.85. The normalized spacial score (nSPS) is 10.8. The molecule has 2 heterocycles. The number of hydrogen-bond acceptors (Lipinski definition) is 4. The van der Waals surface area contributed by atoms with Gasteiger partial charge in [-0.3, -0.25) is 0 Å². The van der Waals surface area contributed by atoms with Gasteiger partial charge in [-0.25, -0.2) is 9.97 Å². The highest BCUT2D eigenvalue weighted by molar-refractivity contribution is 5.76. The second-order valence-corrected chi connectivity index (χ2v) is 4.51. The highest BCUT2D eigenvalue weighted by Crippen LogP contribution is 2.29. The number of aromatic amines is 1. The molecule has 102 valence electrons. The monoisotopic (exact) mass is 269 g/mol. The van der Waals surface area contributed by atoms with Gasteiger partial charge in [-0.2, -0.15) is 0 Å². The predicted molar refractivity (Wildman–Crippen MR) is 77.2 cm³/mol. The van der Waals surface area contributed by atoms with Crippen molar-refractivity contribution >= 4 is 11.2 Å². The van der Waals surface area contributed by atoms with Crippen molar-refractivity contribution in [3.8, 4) is 22.9 Å². The molecule has 0 saturated carbocycles. The van der Waals surface area contributed by atoms with Gasteiger partial charge in [0.25, 0.3) is 0 Å². The molecule has 0 spiro atoms. The zero-order chi connectivity index (χ0) is 14.1. The lowest BCUT2D eigenvalue weighted by Gasteiger charge is -2.06. The molecule has 1 N–H and O–H groups in total. The Hall–Kier alpha value is -2.56. The summed E-state index contributed by atoms with van der Waals surface area (Å²) in [6.07, 6.45) is 0. The standard InChI is InChI=1S/C15H15N3O2/c1-9-4-5-13-15(16-9)18-14(17-13)10-6-11(19-2)8-12(7-10)20-3/h4-8H,1-3H3,(H,16,17,18). The summed E-state index contributed by atoms with van der Waals surface area (Å²) in [5, 5.41) is 0. The third kappa shape index (κ3) is 2.18. The van der Waals surface area contributed by atoms with Crippen LogP contribution in [0.2, 0.25) is 0 Å². The first-order valence-corrected chi connectivity index (χ1v) is 6.26. The molecule has 3 aromatic rings. The van der Waals surface area contributed by atoms with Gasteiger partial charge in [0.15, 0.2) is 5.65 Å². The van der Waals surface area contributed by atoms with Crippen LogP contribution in [-0.2, 0) is 0 Å². The summed E-state index contributed by atoms with van der Waals surface area (Å²) in [4.78, 5) is 12.2. The van der Waals surface area contributed by atoms with Gasteiger partial charge in [0.05, 0.1) is 19.7 Å². The summed E-state index contributed by atoms with van der Waals surface area (Å²) in [5.74, 6) is 2.20. The summed E-state index contributed by atoms with van der Waals surface area (Å²) in [6.45, 7) is 1.95. The van der Waals surface area contributed by atoms with Crippen LogP contribution in [0.15, 0.2) is 30.3 Å². The molecule has 5 nitrogen and oxygen atoms in total. The molecule has 0 aliphatic rings. The molecular formula is C15H15N3O2. The molecule has 0 radical (unpaired) electrons. The molecule has 5 heteroatoms. The van der Waals surface area contributed by atoms with Gasteiger partial charge in [0, 0.05) is 17.3 Å². The predicted octanol–water partition coefficient (Wildman–Crippen LogP) is 2.95. The van der Waals surface area contributed by atoms with Crippen LogP contribution in [0.4, 0.5) is 0 Å². The minimum absolute atomic E-state index is 0.710. The third-order valence-corrected chi connectivity index (χ3v) is 3.11. The van der Waals surface area contributed by atoms with Crippen LogP contribution in [0.25, 0.3) is 22.6 Å². The van der Waals surface area contributed by atoms with Crippen LogP contribution in [0.3, 0.4) is 0 Å². The van der Waals surface area contributed by atoms with E-state index in [9.17, 15) is 0 Å². The highest BCUT2D eigenvalue weighted by atomic mass is 16.5. The first-order chi connectivity index (χ1) is 9.69. The van der Waals surface area contributed by atoms with Crippen LogP contribution in [-0.4, -0.2) is 29.2 Å². The zero-order valence-electron chi connectivity index (χ0n) is 11.6. The first kappa shape index (κ1) is 12.5. The Balaban J connectivity index is 2.14. The van der Waals surface area contributed by atoms with E-state index in [1.807, 2.05) is 37.3 Å². The van der Waals surface area contributed by atoms with E-state index in [2.05, 4.69) is 15.0 Å². The molecule has 0 amide bonds. The molecule has 2 aromatic heterocycles. The van der Waals surface area contributed by atoms with Crippen molar-refractivity contribution in [2.45, 2.75) is 6.92 Å². The molecule has 1 aromatic carbocycles. The minimum Gasteiger partial charge on any atom is -0.497 e. The van der Waals surface area contributed by atoms with Crippen LogP contribution in [0, 0.1) is 6.92 Å². The zero-order valence-corrected chi connectivity index (χ0v) is 11.6. The van der Waals surface area contributed by atoms with E-state index < -0.39 is 0 Å². The van der Waals surface area contributed by atoms with Gasteiger partial charge < -0.3 is 14.5 Å². The lowest BCUT2D eigenvalue weighted by atomic mass is 10.2. The molecular weight excluding hydrogens is 254 g/mol. The van der Waals surface area contributed by atoms with Gasteiger partial charge in [0.2, 0.25) is 0 Å². The van der Waals surface area contributed by atoms with Crippen molar-refractivity contribution in [1.82, 2.24) is 15.0 Å². The summed E-state index contributed by atoms with van der Waals surface area (Å²) in [7, 11) is 3.25. The summed E-state index contributed by atoms with van der Waals surface area (Å²) in [5.41, 5.74) is 3.46. The van der Waals surface area contributed by atoms with E-state index in [0.717, 1.165) is 34.1 Å². The molecule has 0 aliphatic heterocycles. The summed E-state index contributed by atoms with van der Waals surface area (Å²) in [6, 6.07) is 9.58. The number of hydrogen-bond donors (Lipinski definition) is 1. The topological polar surface area (TPSA) is 60.0 Å². The van der Waals surface area contributed by atoms with E-state index >= 15 is 0 Å². The Morgan fingerprint density at radius 3 is 2.30 bits per heavy atom. The number of ether oxygens (including phenoxy) is 2. The second-order valence-electron chi connectivity index (χ2n) is 4.51. The average molecular weight is 269 g/mol. The molecule has 0 atom stereocenters. The SMILES string of the molecule is COc1cc(OC)cc(-c2nc3nc(C)ccc3[nH]2)c1. The van der Waals surface area contributed by atoms with Crippen molar-refractivity contribution in [2.24, 2.45) is 0 Å². The molecule has 0 aliphatic carbocycles. The van der Waals surface area contributed by atoms with Crippen molar-refractivity contribution in [1.29, 1.82) is 0 Å². The molecule has 0 unspecified atom stereocenters. The quantitative estimate of drug-likeness (QED) is 0.794. The number of benzene rings is 1. The Labute approximate surface area is 116 Å². The van der Waals surface area contributed by atoms with Crippen molar-refractivity contribution in [2.75, 3.05) is 14.2 Å². The number of nitrogens with zero attached hydrogens (tertiary/aromatic N) is 2. The van der Waals surface area contributed by atoms with Crippen LogP contribution >= 0.6 is 0 Å². The maximum Gasteiger partial charge on any atom is 0.178 e. The van der Waals surface area contributed by atoms with E-state index in [1.165, 1.54) is 0 Å². The maximum atomic E-state index is 5.27. The lowest BCUT2D eigenvalue weighted by molar-refractivity contribution is 0.394. The van der Waals surface area contributed by atoms with Gasteiger partial charge >= 0.3 is 0 Å². The number of fused-ring (bicyclic) bond motifs is 1. The van der Waals surface area contributed by atoms with Crippen LogP contribution in [0.5, 0.6) is 11.5 Å². The Morgan fingerprint density at radius 1 is 0.950 bits per heavy atom. The first-order valence-electron chi connectivity index (χ1n) is 6.26. The largest absolute Gasteiger partial charge is 0.497 e. The van der Waals surface area contributed by atoms with E-state index in [1.54, 1.807) is 14.2 Å². The fourth-order valence-corrected chi connectivity index (χ4v) is 2.07. The highest BCUT2D eigenvalue weighted by Gasteiger charge is 2.09. The number of aryl methyl sites for hydroxylation is 1. The molecule has 0 fully saturated rings. The number of rotatable bonds is 3. The summed E-state index contributed by atoms with van der Waals surface area (Å²) >= 11 is 0. The van der Waals surface area contributed by atoms with E-state index in [4.69, 9.17) is 9.47 Å². The van der Waals surface area contributed by atoms with Gasteiger partial charge in [-0.15, -0.1) is 0 Å². The van der Waals surface area contributed by atoms with Gasteiger partial charge in [0.1, 0.15) is 17.3 Å². The third-order valence-electron chi connectivity index (χ3n) is 3.11. The molecule has 0 bridgehead atoms. The van der Waals surface area contributed by atoms with Crippen molar-refractivity contribution < 1.29 is 9.47 Å². The fraction of sp³-hybridized carbons (Fsp3) is 0.200. The number of aromatic nitrogens is 3. The van der Waals surface area contributed by atoms with E-state index in [0.29, 0.717) is 5.65 Å². The van der Waals surface area contributed by atoms with Crippen LogP contribution in [0.1, 0.15) is 5.69 Å². The van der Waals surface area contributed by atoms with Crippen molar-refractivity contribution in [3.05, 3.63) is 36.0 Å². The Morgan fingerprint density at radius 2 is 1.65 bits per heavy atom. The molecule has 20 heavy (non-hydrogen) atoms. The number of imidazole rings is 1. The number of H-pyrrole nitrogens is 1. The Kier molecular flexibility index (Phi) is 3.02. The van der Waals surface area contributed by atoms with Crippen LogP contribution < -0.4 is 9.47 Å². The number of pyridine rings is 1. The maximum absolute atomic E-state index is 5.27. The molecule has 3 rings (SSSR count). The van der Waals surface area contributed by atoms with E-state index in [-0.39, 0.29) is 0 Å². The molecule has 0 saturated heterocycles. The number of nitrogens with one attached hydrogen (secondary N) is 1. The van der Waals surface area contributed by atoms with Gasteiger partial charge in [-0.1, -0.05) is 0 Å². The van der Waals surface area contributed by atoms with Gasteiger partial charge in [-0.05, 0) is 31.2 Å². The minimum atomic E-state index is 0.710. The smallest absolute Gasteiger partial charge is 0.178 e. The average Bonchev–Trinajstić information content (AvgIpc) is 2.89. The fourth-order valence-electron chi connectivity index (χ4n) is 2.07. The van der Waals surface area contributed by atoms with Crippen molar-refractivity contribution in [3.63, 3.8) is 0 Å². The summed E-state index contributed by atoms with van der Waals surface area (Å²) < 4.78 is 10.5. The Bertz CT molecular complexity index is 743. The lowest BCUT2D eigenvalue weighted by Crippen LogP contribution is -1.89.